The molecule has 5 aromatic rings. The van der Waals surface area contributed by atoms with E-state index in [4.69, 9.17) is 15.0 Å². The van der Waals surface area contributed by atoms with Crippen LogP contribution >= 0.6 is 15.9 Å². The summed E-state index contributed by atoms with van der Waals surface area (Å²) < 4.78 is 4.76. The van der Waals surface area contributed by atoms with Crippen LogP contribution in [-0.2, 0) is 0 Å². The summed E-state index contributed by atoms with van der Waals surface area (Å²) in [5.74, 6) is 0. The third kappa shape index (κ3) is 2.98. The van der Waals surface area contributed by atoms with Crippen molar-refractivity contribution >= 4 is 49.2 Å². The van der Waals surface area contributed by atoms with Crippen molar-refractivity contribution in [3.8, 4) is 5.69 Å². The van der Waals surface area contributed by atoms with Gasteiger partial charge in [0.15, 0.2) is 11.3 Å². The summed E-state index contributed by atoms with van der Waals surface area (Å²) >= 11 is 3.50. The fourth-order valence-electron chi connectivity index (χ4n) is 4.70. The van der Waals surface area contributed by atoms with E-state index in [1.807, 2.05) is 57.7 Å². The molecule has 0 spiro atoms. The average molecular weight is 474 g/mol. The summed E-state index contributed by atoms with van der Waals surface area (Å²) in [6.45, 7) is 0. The smallest absolute Gasteiger partial charge is 0.265 e. The van der Waals surface area contributed by atoms with Crippen LogP contribution in [0.15, 0.2) is 64.1 Å². The molecule has 1 saturated carbocycles. The maximum Gasteiger partial charge on any atom is 0.265 e. The molecule has 2 aromatic carbocycles. The molecule has 31 heavy (non-hydrogen) atoms. The van der Waals surface area contributed by atoms with Gasteiger partial charge in [-0.25, -0.2) is 15.0 Å². The molecule has 154 valence electrons. The maximum atomic E-state index is 13.7. The van der Waals surface area contributed by atoms with Gasteiger partial charge in [-0.2, -0.15) is 0 Å². The Labute approximate surface area is 186 Å². The van der Waals surface area contributed by atoms with Crippen LogP contribution in [0.1, 0.15) is 38.1 Å². The lowest BCUT2D eigenvalue weighted by molar-refractivity contribution is 0.345. The lowest BCUT2D eigenvalue weighted by Gasteiger charge is -2.23. The molecule has 3 aromatic heterocycles. The second kappa shape index (κ2) is 7.27. The highest BCUT2D eigenvalue weighted by atomic mass is 79.9. The van der Waals surface area contributed by atoms with Crippen LogP contribution in [0, 0.1) is 0 Å². The zero-order valence-electron chi connectivity index (χ0n) is 16.8. The minimum Gasteiger partial charge on any atom is -0.295 e. The molecule has 6 nitrogen and oxygen atoms in total. The van der Waals surface area contributed by atoms with Crippen LogP contribution in [0.3, 0.4) is 0 Å². The molecule has 0 bridgehead atoms. The van der Waals surface area contributed by atoms with E-state index in [0.717, 1.165) is 46.9 Å². The molecule has 0 unspecified atom stereocenters. The van der Waals surface area contributed by atoms with Crippen molar-refractivity contribution in [2.24, 2.45) is 0 Å². The quantitative estimate of drug-likeness (QED) is 0.337. The van der Waals surface area contributed by atoms with Gasteiger partial charge in [-0.3, -0.25) is 13.9 Å². The molecule has 0 amide bonds. The van der Waals surface area contributed by atoms with Crippen molar-refractivity contribution in [1.29, 1.82) is 0 Å². The predicted molar refractivity (Wildman–Crippen MR) is 126 cm³/mol. The number of hydrogen-bond donors (Lipinski definition) is 0. The number of nitrogens with zero attached hydrogens (tertiary/aromatic N) is 5. The van der Waals surface area contributed by atoms with E-state index in [1.165, 1.54) is 6.42 Å². The van der Waals surface area contributed by atoms with Crippen LogP contribution in [0.25, 0.3) is 38.9 Å². The van der Waals surface area contributed by atoms with Gasteiger partial charge in [0, 0.05) is 16.2 Å². The molecule has 7 heteroatoms. The van der Waals surface area contributed by atoms with Gasteiger partial charge in [-0.05, 0) is 49.2 Å². The van der Waals surface area contributed by atoms with Gasteiger partial charge in [-0.15, -0.1) is 0 Å². The van der Waals surface area contributed by atoms with Crippen molar-refractivity contribution < 1.29 is 0 Å². The highest BCUT2D eigenvalue weighted by Gasteiger charge is 2.23. The Kier molecular flexibility index (Phi) is 4.38. The topological polar surface area (TPSA) is 65.6 Å². The van der Waals surface area contributed by atoms with Gasteiger partial charge in [0.25, 0.3) is 5.56 Å². The fraction of sp³-hybridized carbons (Fsp3) is 0.250. The number of benzene rings is 2. The number of para-hydroxylation sites is 2. The number of fused-ring (bicyclic) bond motifs is 4. The zero-order chi connectivity index (χ0) is 20.9. The summed E-state index contributed by atoms with van der Waals surface area (Å²) in [6.07, 6.45) is 7.30. The number of hydrogen-bond acceptors (Lipinski definition) is 4. The van der Waals surface area contributed by atoms with Crippen LogP contribution in [-0.4, -0.2) is 24.1 Å². The van der Waals surface area contributed by atoms with Crippen molar-refractivity contribution in [3.05, 3.63) is 69.7 Å². The Morgan fingerprint density at radius 1 is 0.871 bits per heavy atom. The Balaban J connectivity index is 1.72. The van der Waals surface area contributed by atoms with Gasteiger partial charge in [-0.1, -0.05) is 47.3 Å². The first-order valence-electron chi connectivity index (χ1n) is 10.6. The van der Waals surface area contributed by atoms with E-state index >= 15 is 0 Å². The van der Waals surface area contributed by atoms with Crippen molar-refractivity contribution in [3.63, 3.8) is 0 Å². The van der Waals surface area contributed by atoms with Crippen molar-refractivity contribution in [1.82, 2.24) is 24.1 Å². The van der Waals surface area contributed by atoms with E-state index < -0.39 is 0 Å². The Morgan fingerprint density at radius 3 is 2.32 bits per heavy atom. The molecule has 0 N–H and O–H groups in total. The van der Waals surface area contributed by atoms with Crippen LogP contribution in [0.5, 0.6) is 0 Å². The maximum absolute atomic E-state index is 13.7. The molecule has 1 aliphatic rings. The molecular weight excluding hydrogens is 454 g/mol. The minimum absolute atomic E-state index is 0.0256. The molecule has 3 heterocycles. The third-order valence-corrected chi connectivity index (χ3v) is 6.77. The Hall–Kier alpha value is -3.06. The van der Waals surface area contributed by atoms with Crippen LogP contribution in [0.2, 0.25) is 0 Å². The molecule has 1 fully saturated rings. The second-order valence-electron chi connectivity index (χ2n) is 8.14. The highest BCUT2D eigenvalue weighted by Crippen LogP contribution is 2.31. The molecule has 0 aliphatic heterocycles. The van der Waals surface area contributed by atoms with E-state index in [0.29, 0.717) is 22.2 Å². The molecular formula is C24H20BrN5O. The summed E-state index contributed by atoms with van der Waals surface area (Å²) in [5, 5.41) is 0.546. The highest BCUT2D eigenvalue weighted by molar-refractivity contribution is 9.10. The third-order valence-electron chi connectivity index (χ3n) is 6.24. The summed E-state index contributed by atoms with van der Waals surface area (Å²) in [4.78, 5) is 28.3. The molecule has 1 aliphatic carbocycles. The summed E-state index contributed by atoms with van der Waals surface area (Å²) in [7, 11) is 0. The van der Waals surface area contributed by atoms with Gasteiger partial charge < -0.3 is 0 Å². The monoisotopic (exact) mass is 473 g/mol. The lowest BCUT2D eigenvalue weighted by atomic mass is 9.95. The standard InChI is InChI=1S/C24H20BrN5O/c25-15-10-12-17(13-11-15)30-22-20(21-23(30)28-19-9-5-4-8-18(19)27-21)24(31)29(14-26-22)16-6-2-1-3-7-16/h4-5,8-14,16H,1-3,6-7H2. The van der Waals surface area contributed by atoms with Gasteiger partial charge in [0.1, 0.15) is 17.2 Å². The number of halogens is 1. The van der Waals surface area contributed by atoms with E-state index in [-0.39, 0.29) is 11.6 Å². The minimum atomic E-state index is -0.0256. The number of rotatable bonds is 2. The Bertz CT molecular complexity index is 1500. The van der Waals surface area contributed by atoms with E-state index in [9.17, 15) is 4.79 Å². The second-order valence-corrected chi connectivity index (χ2v) is 9.06. The largest absolute Gasteiger partial charge is 0.295 e. The first-order chi connectivity index (χ1) is 15.2. The fourth-order valence-corrected chi connectivity index (χ4v) is 4.97. The normalized spacial score (nSPS) is 15.3. The Morgan fingerprint density at radius 2 is 1.58 bits per heavy atom. The predicted octanol–water partition coefficient (Wildman–Crippen LogP) is 5.55. The van der Waals surface area contributed by atoms with Gasteiger partial charge >= 0.3 is 0 Å². The molecule has 0 atom stereocenters. The van der Waals surface area contributed by atoms with E-state index in [2.05, 4.69) is 15.9 Å². The lowest BCUT2D eigenvalue weighted by Crippen LogP contribution is -2.26. The van der Waals surface area contributed by atoms with Crippen molar-refractivity contribution in [2.75, 3.05) is 0 Å². The summed E-state index contributed by atoms with van der Waals surface area (Å²) in [5.41, 5.74) is 4.31. The van der Waals surface area contributed by atoms with E-state index in [1.54, 1.807) is 6.33 Å². The molecule has 6 rings (SSSR count). The SMILES string of the molecule is O=c1c2c3nc4ccccc4nc3n(-c3ccc(Br)cc3)c2ncn1C1CCCCC1. The van der Waals surface area contributed by atoms with Gasteiger partial charge in [0.2, 0.25) is 0 Å². The molecule has 0 radical (unpaired) electrons. The first kappa shape index (κ1) is 18.7. The first-order valence-corrected chi connectivity index (χ1v) is 11.4. The zero-order valence-corrected chi connectivity index (χ0v) is 18.4. The number of aromatic nitrogens is 5. The average Bonchev–Trinajstić information content (AvgIpc) is 3.13. The van der Waals surface area contributed by atoms with Crippen LogP contribution < -0.4 is 5.56 Å². The van der Waals surface area contributed by atoms with Crippen LogP contribution in [0.4, 0.5) is 0 Å². The van der Waals surface area contributed by atoms with Gasteiger partial charge in [0.05, 0.1) is 11.0 Å². The summed E-state index contributed by atoms with van der Waals surface area (Å²) in [6, 6.07) is 15.9. The van der Waals surface area contributed by atoms with Crippen molar-refractivity contribution in [2.45, 2.75) is 38.1 Å². The molecule has 0 saturated heterocycles.